The number of nitrogens with one attached hydrogen (secondary N) is 2. The van der Waals surface area contributed by atoms with Gasteiger partial charge in [-0.2, -0.15) is 0 Å². The summed E-state index contributed by atoms with van der Waals surface area (Å²) >= 11 is 0. The van der Waals surface area contributed by atoms with Gasteiger partial charge in [0, 0.05) is 23.6 Å². The van der Waals surface area contributed by atoms with Crippen LogP contribution >= 0.6 is 0 Å². The number of aromatic nitrogens is 2. The molecule has 0 unspecified atom stereocenters. The van der Waals surface area contributed by atoms with Gasteiger partial charge in [-0.3, -0.25) is 9.59 Å². The number of rotatable bonds is 5. The van der Waals surface area contributed by atoms with Crippen molar-refractivity contribution in [1.82, 2.24) is 9.97 Å². The minimum absolute atomic E-state index is 0.0157. The van der Waals surface area contributed by atoms with Crippen molar-refractivity contribution in [2.45, 2.75) is 6.92 Å². The molecule has 6 nitrogen and oxygen atoms in total. The Morgan fingerprint density at radius 2 is 1.58 bits per heavy atom. The Labute approximate surface area is 149 Å². The molecule has 130 valence electrons. The average molecular weight is 350 g/mol. The fourth-order valence-electron chi connectivity index (χ4n) is 2.18. The fourth-order valence-corrected chi connectivity index (χ4v) is 2.18. The summed E-state index contributed by atoms with van der Waals surface area (Å²) in [5.41, 5.74) is 1.60. The molecule has 0 saturated carbocycles. The Bertz CT molecular complexity index is 941. The lowest BCUT2D eigenvalue weighted by molar-refractivity contribution is 0.101. The monoisotopic (exact) mass is 350 g/mol. The number of halogens is 1. The number of ketones is 1. The number of carbonyl (C=O) groups is 2. The van der Waals surface area contributed by atoms with Crippen molar-refractivity contribution in [2.24, 2.45) is 0 Å². The molecule has 0 atom stereocenters. The average Bonchev–Trinajstić information content (AvgIpc) is 2.64. The van der Waals surface area contributed by atoms with Crippen LogP contribution in [0.5, 0.6) is 0 Å². The molecule has 0 fully saturated rings. The zero-order valence-corrected chi connectivity index (χ0v) is 13.9. The van der Waals surface area contributed by atoms with Gasteiger partial charge in [0.15, 0.2) is 5.78 Å². The summed E-state index contributed by atoms with van der Waals surface area (Å²) in [6.45, 7) is 1.50. The molecule has 26 heavy (non-hydrogen) atoms. The van der Waals surface area contributed by atoms with Gasteiger partial charge in [0.1, 0.15) is 5.82 Å². The summed E-state index contributed by atoms with van der Waals surface area (Å²) in [6, 6.07) is 12.8. The van der Waals surface area contributed by atoms with Crippen molar-refractivity contribution in [3.63, 3.8) is 0 Å². The summed E-state index contributed by atoms with van der Waals surface area (Å²) in [5, 5.41) is 5.44. The van der Waals surface area contributed by atoms with Crippen LogP contribution in [-0.2, 0) is 0 Å². The van der Waals surface area contributed by atoms with Crippen LogP contribution in [0.25, 0.3) is 0 Å². The molecule has 7 heteroatoms. The first-order valence-corrected chi connectivity index (χ1v) is 7.79. The molecule has 0 aliphatic carbocycles. The summed E-state index contributed by atoms with van der Waals surface area (Å²) in [7, 11) is 0. The van der Waals surface area contributed by atoms with E-state index in [0.717, 1.165) is 0 Å². The summed E-state index contributed by atoms with van der Waals surface area (Å²) in [5.74, 6) is -0.748. The van der Waals surface area contributed by atoms with Crippen molar-refractivity contribution in [3.8, 4) is 0 Å². The third kappa shape index (κ3) is 4.07. The number of hydrogen-bond acceptors (Lipinski definition) is 5. The highest BCUT2D eigenvalue weighted by molar-refractivity contribution is 6.04. The van der Waals surface area contributed by atoms with E-state index in [1.54, 1.807) is 30.3 Å². The first-order valence-electron chi connectivity index (χ1n) is 7.79. The third-order valence-electron chi connectivity index (χ3n) is 3.58. The number of amides is 1. The van der Waals surface area contributed by atoms with Crippen LogP contribution in [0.15, 0.2) is 60.9 Å². The van der Waals surface area contributed by atoms with Crippen LogP contribution in [0.4, 0.5) is 21.7 Å². The normalized spacial score (nSPS) is 10.2. The number of benzene rings is 2. The predicted octanol–water partition coefficient (Wildman–Crippen LogP) is 3.81. The molecule has 1 heterocycles. The van der Waals surface area contributed by atoms with Crippen molar-refractivity contribution >= 4 is 29.0 Å². The molecular formula is C19H15FN4O2. The second-order valence-corrected chi connectivity index (χ2v) is 5.49. The van der Waals surface area contributed by atoms with Gasteiger partial charge in [0.2, 0.25) is 5.95 Å². The molecule has 3 aromatic rings. The maximum atomic E-state index is 13.6. The highest BCUT2D eigenvalue weighted by atomic mass is 19.1. The van der Waals surface area contributed by atoms with Gasteiger partial charge in [0.25, 0.3) is 5.91 Å². The lowest BCUT2D eigenvalue weighted by Gasteiger charge is -2.07. The minimum atomic E-state index is -0.519. The second-order valence-electron chi connectivity index (χ2n) is 5.49. The van der Waals surface area contributed by atoms with Gasteiger partial charge in [-0.1, -0.05) is 12.1 Å². The third-order valence-corrected chi connectivity index (χ3v) is 3.58. The van der Waals surface area contributed by atoms with Gasteiger partial charge >= 0.3 is 0 Å². The van der Waals surface area contributed by atoms with Crippen LogP contribution in [0.3, 0.4) is 0 Å². The molecule has 1 aromatic heterocycles. The lowest BCUT2D eigenvalue weighted by atomic mass is 10.1. The maximum absolute atomic E-state index is 13.6. The summed E-state index contributed by atoms with van der Waals surface area (Å²) in [6.07, 6.45) is 2.69. The second kappa shape index (κ2) is 7.52. The number of carbonyl (C=O) groups excluding carboxylic acids is 2. The summed E-state index contributed by atoms with van der Waals surface area (Å²) in [4.78, 5) is 31.5. The van der Waals surface area contributed by atoms with Gasteiger partial charge in [-0.15, -0.1) is 0 Å². The number of anilines is 3. The number of Topliss-reactive ketones (excluding diaryl/α,β-unsaturated/α-hetero) is 1. The molecule has 0 bridgehead atoms. The molecule has 0 aliphatic heterocycles. The molecular weight excluding hydrogens is 335 g/mol. The molecule has 0 aliphatic rings. The van der Waals surface area contributed by atoms with Crippen LogP contribution in [0, 0.1) is 5.82 Å². The fraction of sp³-hybridized carbons (Fsp3) is 0.0526. The molecule has 0 radical (unpaired) electrons. The van der Waals surface area contributed by atoms with Gasteiger partial charge in [-0.25, -0.2) is 14.4 Å². The molecule has 2 N–H and O–H groups in total. The van der Waals surface area contributed by atoms with Crippen molar-refractivity contribution < 1.29 is 14.0 Å². The smallest absolute Gasteiger partial charge is 0.258 e. The van der Waals surface area contributed by atoms with Crippen LogP contribution in [-0.4, -0.2) is 21.7 Å². The van der Waals surface area contributed by atoms with Gasteiger partial charge < -0.3 is 10.6 Å². The standard InChI is InChI=1S/C19H15FN4O2/c1-12(25)13-6-8-15(9-7-13)23-19-21-10-14(11-22-19)18(26)24-17-5-3-2-4-16(17)20/h2-11H,1H3,(H,24,26)(H,21,22,23). The topological polar surface area (TPSA) is 84.0 Å². The number of para-hydroxylation sites is 1. The van der Waals surface area contributed by atoms with Crippen LogP contribution < -0.4 is 10.6 Å². The van der Waals surface area contributed by atoms with E-state index >= 15 is 0 Å². The van der Waals surface area contributed by atoms with Gasteiger partial charge in [-0.05, 0) is 43.3 Å². The van der Waals surface area contributed by atoms with Crippen molar-refractivity contribution in [2.75, 3.05) is 10.6 Å². The number of hydrogen-bond donors (Lipinski definition) is 2. The van der Waals surface area contributed by atoms with Gasteiger partial charge in [0.05, 0.1) is 11.3 Å². The Morgan fingerprint density at radius 3 is 2.19 bits per heavy atom. The summed E-state index contributed by atoms with van der Waals surface area (Å²) < 4.78 is 13.6. The van der Waals surface area contributed by atoms with Crippen molar-refractivity contribution in [1.29, 1.82) is 0 Å². The van der Waals surface area contributed by atoms with E-state index in [4.69, 9.17) is 0 Å². The van der Waals surface area contributed by atoms with E-state index in [0.29, 0.717) is 17.2 Å². The predicted molar refractivity (Wildman–Crippen MR) is 96.1 cm³/mol. The largest absolute Gasteiger partial charge is 0.324 e. The Balaban J connectivity index is 1.67. The van der Waals surface area contributed by atoms with Crippen molar-refractivity contribution in [3.05, 3.63) is 77.9 Å². The van der Waals surface area contributed by atoms with E-state index < -0.39 is 11.7 Å². The molecule has 3 rings (SSSR count). The quantitative estimate of drug-likeness (QED) is 0.684. The lowest BCUT2D eigenvalue weighted by Crippen LogP contribution is -2.14. The highest BCUT2D eigenvalue weighted by Crippen LogP contribution is 2.16. The zero-order valence-electron chi connectivity index (χ0n) is 13.9. The van der Waals surface area contributed by atoms with E-state index in [2.05, 4.69) is 20.6 Å². The minimum Gasteiger partial charge on any atom is -0.324 e. The Hall–Kier alpha value is -3.61. The first kappa shape index (κ1) is 17.2. The Kier molecular flexibility index (Phi) is 4.98. The van der Waals surface area contributed by atoms with E-state index in [1.807, 2.05) is 0 Å². The molecule has 0 saturated heterocycles. The SMILES string of the molecule is CC(=O)c1ccc(Nc2ncc(C(=O)Nc3ccccc3F)cn2)cc1. The zero-order chi connectivity index (χ0) is 18.5. The highest BCUT2D eigenvalue weighted by Gasteiger charge is 2.10. The maximum Gasteiger partial charge on any atom is 0.258 e. The molecule has 0 spiro atoms. The molecule has 2 aromatic carbocycles. The van der Waals surface area contributed by atoms with Crippen LogP contribution in [0.1, 0.15) is 27.6 Å². The van der Waals surface area contributed by atoms with E-state index in [9.17, 15) is 14.0 Å². The number of nitrogens with zero attached hydrogens (tertiary/aromatic N) is 2. The molecule has 1 amide bonds. The first-order chi connectivity index (χ1) is 12.5. The van der Waals surface area contributed by atoms with Crippen LogP contribution in [0.2, 0.25) is 0 Å². The van der Waals surface area contributed by atoms with E-state index in [1.165, 1.54) is 37.5 Å². The Morgan fingerprint density at radius 1 is 0.923 bits per heavy atom. The van der Waals surface area contributed by atoms with E-state index in [-0.39, 0.29) is 17.0 Å².